The van der Waals surface area contributed by atoms with Gasteiger partial charge in [0, 0.05) is 12.1 Å². The highest BCUT2D eigenvalue weighted by molar-refractivity contribution is 6.68. The molecule has 0 bridgehead atoms. The van der Waals surface area contributed by atoms with Crippen LogP contribution in [0.4, 0.5) is 0 Å². The Morgan fingerprint density at radius 1 is 1.40 bits per heavy atom. The summed E-state index contributed by atoms with van der Waals surface area (Å²) < 4.78 is 3.34. The second kappa shape index (κ2) is 7.74. The Hall–Kier alpha value is -0.940. The van der Waals surface area contributed by atoms with Crippen LogP contribution in [0.3, 0.4) is 0 Å². The summed E-state index contributed by atoms with van der Waals surface area (Å²) in [5.74, 6) is 0.296. The number of amides is 1. The standard InChI is InChI=1S/C13H15Cl3N2O2/c1-3-8-17-12(13(14,15)16)18-11(19)9-4-6-10(20-2)7-5-9/h3-7,12,17H,1,8H2,2H3,(H,18,19)/t12-/m0/s1. The maximum atomic E-state index is 12.1. The van der Waals surface area contributed by atoms with Crippen LogP contribution in [0.15, 0.2) is 36.9 Å². The fourth-order valence-corrected chi connectivity index (χ4v) is 1.80. The molecule has 0 spiro atoms. The highest BCUT2D eigenvalue weighted by atomic mass is 35.6. The number of ether oxygens (including phenoxy) is 1. The van der Waals surface area contributed by atoms with Crippen molar-refractivity contribution in [2.24, 2.45) is 0 Å². The van der Waals surface area contributed by atoms with E-state index in [9.17, 15) is 4.79 Å². The van der Waals surface area contributed by atoms with Crippen molar-refractivity contribution in [3.05, 3.63) is 42.5 Å². The summed E-state index contributed by atoms with van der Waals surface area (Å²) in [5.41, 5.74) is 0.436. The first kappa shape index (κ1) is 17.1. The maximum Gasteiger partial charge on any atom is 0.252 e. The van der Waals surface area contributed by atoms with Gasteiger partial charge in [-0.1, -0.05) is 40.9 Å². The summed E-state index contributed by atoms with van der Waals surface area (Å²) in [6, 6.07) is 6.60. The van der Waals surface area contributed by atoms with Gasteiger partial charge in [-0.05, 0) is 24.3 Å². The van der Waals surface area contributed by atoms with Crippen LogP contribution in [0, 0.1) is 0 Å². The van der Waals surface area contributed by atoms with Crippen molar-refractivity contribution in [2.45, 2.75) is 9.96 Å². The number of hydrogen-bond acceptors (Lipinski definition) is 3. The van der Waals surface area contributed by atoms with Crippen molar-refractivity contribution < 1.29 is 9.53 Å². The molecule has 1 rings (SSSR count). The average molecular weight is 338 g/mol. The molecule has 4 nitrogen and oxygen atoms in total. The molecule has 0 saturated heterocycles. The van der Waals surface area contributed by atoms with E-state index in [0.717, 1.165) is 0 Å². The third-order valence-electron chi connectivity index (χ3n) is 2.42. The lowest BCUT2D eigenvalue weighted by Crippen LogP contribution is -2.53. The molecule has 0 radical (unpaired) electrons. The summed E-state index contributed by atoms with van der Waals surface area (Å²) in [7, 11) is 1.55. The van der Waals surface area contributed by atoms with Gasteiger partial charge in [0.25, 0.3) is 5.91 Å². The number of hydrogen-bond donors (Lipinski definition) is 2. The highest BCUT2D eigenvalue weighted by Gasteiger charge is 2.33. The molecule has 110 valence electrons. The first-order valence-corrected chi connectivity index (χ1v) is 6.87. The number of methoxy groups -OCH3 is 1. The number of halogens is 3. The zero-order chi connectivity index (χ0) is 15.2. The van der Waals surface area contributed by atoms with Crippen LogP contribution >= 0.6 is 34.8 Å². The summed E-state index contributed by atoms with van der Waals surface area (Å²) in [4.78, 5) is 12.1. The van der Waals surface area contributed by atoms with Crippen molar-refractivity contribution in [2.75, 3.05) is 13.7 Å². The molecule has 1 aromatic carbocycles. The van der Waals surface area contributed by atoms with Crippen molar-refractivity contribution in [3.63, 3.8) is 0 Å². The molecule has 0 aliphatic heterocycles. The molecule has 0 unspecified atom stereocenters. The third-order valence-corrected chi connectivity index (χ3v) is 3.08. The fourth-order valence-electron chi connectivity index (χ4n) is 1.41. The van der Waals surface area contributed by atoms with E-state index in [1.807, 2.05) is 0 Å². The third kappa shape index (κ3) is 5.21. The van der Waals surface area contributed by atoms with E-state index in [1.165, 1.54) is 0 Å². The van der Waals surface area contributed by atoms with Crippen LogP contribution in [0.25, 0.3) is 0 Å². The lowest BCUT2D eigenvalue weighted by atomic mass is 10.2. The number of carbonyl (C=O) groups is 1. The molecular formula is C13H15Cl3N2O2. The van der Waals surface area contributed by atoms with Crippen LogP contribution < -0.4 is 15.4 Å². The molecule has 0 saturated carbocycles. The Kier molecular flexibility index (Phi) is 6.62. The first-order chi connectivity index (χ1) is 9.38. The Labute approximate surface area is 133 Å². The first-order valence-electron chi connectivity index (χ1n) is 5.74. The summed E-state index contributed by atoms with van der Waals surface area (Å²) in [6.07, 6.45) is 0.767. The number of rotatable bonds is 6. The van der Waals surface area contributed by atoms with Gasteiger partial charge in [-0.25, -0.2) is 0 Å². The zero-order valence-corrected chi connectivity index (χ0v) is 13.1. The largest absolute Gasteiger partial charge is 0.497 e. The van der Waals surface area contributed by atoms with Gasteiger partial charge in [0.15, 0.2) is 0 Å². The van der Waals surface area contributed by atoms with E-state index in [2.05, 4.69) is 17.2 Å². The monoisotopic (exact) mass is 336 g/mol. The Balaban J connectivity index is 2.76. The van der Waals surface area contributed by atoms with E-state index in [0.29, 0.717) is 17.9 Å². The molecular weight excluding hydrogens is 323 g/mol. The predicted octanol–water partition coefficient (Wildman–Crippen LogP) is 2.90. The Morgan fingerprint density at radius 2 is 2.00 bits per heavy atom. The molecule has 0 fully saturated rings. The van der Waals surface area contributed by atoms with Crippen molar-refractivity contribution in [3.8, 4) is 5.75 Å². The number of benzene rings is 1. The topological polar surface area (TPSA) is 50.4 Å². The van der Waals surface area contributed by atoms with Gasteiger partial charge in [-0.15, -0.1) is 6.58 Å². The summed E-state index contributed by atoms with van der Waals surface area (Å²) >= 11 is 17.4. The van der Waals surface area contributed by atoms with Gasteiger partial charge in [0.05, 0.1) is 7.11 Å². The van der Waals surface area contributed by atoms with E-state index >= 15 is 0 Å². The number of alkyl halides is 3. The normalized spacial score (nSPS) is 12.6. The van der Waals surface area contributed by atoms with E-state index in [4.69, 9.17) is 39.5 Å². The highest BCUT2D eigenvalue weighted by Crippen LogP contribution is 2.29. The van der Waals surface area contributed by atoms with E-state index in [1.54, 1.807) is 37.5 Å². The van der Waals surface area contributed by atoms with Gasteiger partial charge in [0.2, 0.25) is 3.79 Å². The van der Waals surface area contributed by atoms with Crippen LogP contribution in [0.5, 0.6) is 5.75 Å². The average Bonchev–Trinajstić information content (AvgIpc) is 2.42. The Morgan fingerprint density at radius 3 is 2.45 bits per heavy atom. The molecule has 0 aliphatic carbocycles. The smallest absolute Gasteiger partial charge is 0.252 e. The van der Waals surface area contributed by atoms with Gasteiger partial charge in [-0.2, -0.15) is 0 Å². The van der Waals surface area contributed by atoms with Crippen molar-refractivity contribution in [1.29, 1.82) is 0 Å². The SMILES string of the molecule is C=CCN[C@@H](NC(=O)c1ccc(OC)cc1)C(Cl)(Cl)Cl. The number of carbonyl (C=O) groups excluding carboxylic acids is 1. The summed E-state index contributed by atoms with van der Waals surface area (Å²) in [5, 5.41) is 5.47. The molecule has 0 aromatic heterocycles. The predicted molar refractivity (Wildman–Crippen MR) is 82.7 cm³/mol. The van der Waals surface area contributed by atoms with Crippen LogP contribution in [0.2, 0.25) is 0 Å². The Bertz CT molecular complexity index is 458. The van der Waals surface area contributed by atoms with Crippen molar-refractivity contribution in [1.82, 2.24) is 10.6 Å². The molecule has 1 aromatic rings. The minimum absolute atomic E-state index is 0.361. The van der Waals surface area contributed by atoms with Crippen LogP contribution in [0.1, 0.15) is 10.4 Å². The van der Waals surface area contributed by atoms with E-state index in [-0.39, 0.29) is 5.91 Å². The van der Waals surface area contributed by atoms with Gasteiger partial charge in [-0.3, -0.25) is 10.1 Å². The minimum Gasteiger partial charge on any atom is -0.497 e. The second-order valence-electron chi connectivity index (χ2n) is 3.87. The van der Waals surface area contributed by atoms with Gasteiger partial charge in [0.1, 0.15) is 11.9 Å². The maximum absolute atomic E-state index is 12.1. The molecule has 1 atom stereocenters. The molecule has 0 aliphatic rings. The molecule has 1 amide bonds. The fraction of sp³-hybridized carbons (Fsp3) is 0.308. The second-order valence-corrected chi connectivity index (χ2v) is 6.24. The lowest BCUT2D eigenvalue weighted by Gasteiger charge is -2.26. The minimum atomic E-state index is -1.68. The van der Waals surface area contributed by atoms with E-state index < -0.39 is 9.96 Å². The van der Waals surface area contributed by atoms with Gasteiger partial charge >= 0.3 is 0 Å². The van der Waals surface area contributed by atoms with Crippen LogP contribution in [-0.2, 0) is 0 Å². The zero-order valence-electron chi connectivity index (χ0n) is 10.8. The van der Waals surface area contributed by atoms with Crippen LogP contribution in [-0.4, -0.2) is 29.5 Å². The van der Waals surface area contributed by atoms with Gasteiger partial charge < -0.3 is 10.1 Å². The molecule has 0 heterocycles. The quantitative estimate of drug-likeness (QED) is 0.477. The molecule has 2 N–H and O–H groups in total. The molecule has 7 heteroatoms. The van der Waals surface area contributed by atoms with Crippen molar-refractivity contribution >= 4 is 40.7 Å². The lowest BCUT2D eigenvalue weighted by molar-refractivity contribution is 0.0930. The number of nitrogens with one attached hydrogen (secondary N) is 2. The molecule has 20 heavy (non-hydrogen) atoms. The summed E-state index contributed by atoms with van der Waals surface area (Å²) in [6.45, 7) is 3.94.